The Kier molecular flexibility index (Phi) is 8.60. The van der Waals surface area contributed by atoms with E-state index in [1.807, 2.05) is 38.1 Å². The second-order valence-electron chi connectivity index (χ2n) is 6.51. The lowest BCUT2D eigenvalue weighted by molar-refractivity contribution is -0.907. The molecule has 1 saturated heterocycles. The highest BCUT2D eigenvalue weighted by atomic mass is 16.5. The summed E-state index contributed by atoms with van der Waals surface area (Å²) in [6, 6.07) is 7.79. The Morgan fingerprint density at radius 1 is 1.16 bits per heavy atom. The van der Waals surface area contributed by atoms with Gasteiger partial charge in [0.2, 0.25) is 0 Å². The minimum Gasteiger partial charge on any atom is -0.494 e. The number of quaternary nitrogens is 1. The van der Waals surface area contributed by atoms with Crippen LogP contribution in [-0.2, 0) is 9.53 Å². The van der Waals surface area contributed by atoms with Crippen LogP contribution in [0.3, 0.4) is 0 Å². The largest absolute Gasteiger partial charge is 0.494 e. The number of hydrogen-bond acceptors (Lipinski definition) is 4. The van der Waals surface area contributed by atoms with Crippen LogP contribution in [0.5, 0.6) is 11.5 Å². The maximum Gasteiger partial charge on any atom is 0.314 e. The normalized spacial score (nSPS) is 20.1. The van der Waals surface area contributed by atoms with Crippen molar-refractivity contribution in [3.63, 3.8) is 0 Å². The van der Waals surface area contributed by atoms with Crippen LogP contribution in [0.25, 0.3) is 0 Å². The molecule has 1 aliphatic rings. The molecule has 5 nitrogen and oxygen atoms in total. The Morgan fingerprint density at radius 3 is 2.72 bits per heavy atom. The Balaban J connectivity index is 1.62. The van der Waals surface area contributed by atoms with E-state index in [0.29, 0.717) is 19.8 Å². The van der Waals surface area contributed by atoms with Gasteiger partial charge in [-0.15, -0.1) is 0 Å². The van der Waals surface area contributed by atoms with Gasteiger partial charge in [-0.25, -0.2) is 0 Å². The zero-order valence-electron chi connectivity index (χ0n) is 15.6. The fraction of sp³-hybridized carbons (Fsp3) is 0.650. The smallest absolute Gasteiger partial charge is 0.314 e. The maximum atomic E-state index is 11.9. The van der Waals surface area contributed by atoms with E-state index in [9.17, 15) is 4.79 Å². The number of nitrogens with one attached hydrogen (secondary N) is 1. The number of ether oxygens (including phenoxy) is 3. The van der Waals surface area contributed by atoms with Crippen LogP contribution in [-0.4, -0.2) is 45.4 Å². The van der Waals surface area contributed by atoms with Crippen molar-refractivity contribution < 1.29 is 23.9 Å². The lowest BCUT2D eigenvalue weighted by Crippen LogP contribution is -3.13. The molecule has 1 unspecified atom stereocenters. The van der Waals surface area contributed by atoms with Crippen molar-refractivity contribution in [1.82, 2.24) is 0 Å². The van der Waals surface area contributed by atoms with Crippen molar-refractivity contribution in [3.8, 4) is 11.5 Å². The fourth-order valence-electron chi connectivity index (χ4n) is 3.33. The van der Waals surface area contributed by atoms with Crippen molar-refractivity contribution >= 4 is 5.97 Å². The van der Waals surface area contributed by atoms with E-state index < -0.39 is 0 Å². The van der Waals surface area contributed by atoms with Crippen LogP contribution in [0, 0.1) is 5.92 Å². The highest BCUT2D eigenvalue weighted by molar-refractivity contribution is 5.72. The molecule has 2 atom stereocenters. The molecular weight excluding hydrogens is 318 g/mol. The summed E-state index contributed by atoms with van der Waals surface area (Å²) in [5, 5.41) is 0. The zero-order chi connectivity index (χ0) is 17.9. The van der Waals surface area contributed by atoms with Gasteiger partial charge >= 0.3 is 5.97 Å². The van der Waals surface area contributed by atoms with E-state index in [4.69, 9.17) is 14.2 Å². The number of likely N-dealkylation sites (tertiary alicyclic amines) is 1. The first-order valence-corrected chi connectivity index (χ1v) is 9.58. The molecule has 1 fully saturated rings. The summed E-state index contributed by atoms with van der Waals surface area (Å²) in [7, 11) is 0. The molecule has 5 heteroatoms. The average Bonchev–Trinajstić information content (AvgIpc) is 2.62. The monoisotopic (exact) mass is 350 g/mol. The van der Waals surface area contributed by atoms with Crippen LogP contribution in [0.15, 0.2) is 24.3 Å². The van der Waals surface area contributed by atoms with Gasteiger partial charge in [-0.2, -0.15) is 0 Å². The van der Waals surface area contributed by atoms with E-state index in [1.165, 1.54) is 4.90 Å². The third-order valence-corrected chi connectivity index (χ3v) is 4.55. The topological polar surface area (TPSA) is 49.2 Å². The van der Waals surface area contributed by atoms with E-state index >= 15 is 0 Å². The van der Waals surface area contributed by atoms with Crippen LogP contribution < -0.4 is 14.4 Å². The highest BCUT2D eigenvalue weighted by Gasteiger charge is 2.29. The number of hydrogen-bond donors (Lipinski definition) is 1. The van der Waals surface area contributed by atoms with Gasteiger partial charge in [0.1, 0.15) is 17.4 Å². The number of rotatable bonds is 10. The predicted octanol–water partition coefficient (Wildman–Crippen LogP) is 2.10. The molecule has 0 spiro atoms. The molecule has 0 aromatic heterocycles. The van der Waals surface area contributed by atoms with E-state index in [1.54, 1.807) is 0 Å². The first kappa shape index (κ1) is 19.6. The van der Waals surface area contributed by atoms with E-state index in [2.05, 4.69) is 0 Å². The van der Waals surface area contributed by atoms with Crippen molar-refractivity contribution in [2.45, 2.75) is 39.5 Å². The molecule has 1 aromatic carbocycles. The summed E-state index contributed by atoms with van der Waals surface area (Å²) in [5.41, 5.74) is 0. The van der Waals surface area contributed by atoms with Gasteiger partial charge in [0.05, 0.1) is 39.5 Å². The Morgan fingerprint density at radius 2 is 1.96 bits per heavy atom. The first-order valence-electron chi connectivity index (χ1n) is 9.58. The Hall–Kier alpha value is -1.75. The lowest BCUT2D eigenvalue weighted by Gasteiger charge is -2.28. The SMILES string of the molecule is CCOC(=O)[C@@H]1CCC[NH+](CCCCOc2cccc(OCC)c2)C1. The summed E-state index contributed by atoms with van der Waals surface area (Å²) in [6.45, 7) is 8.87. The molecule has 1 aromatic rings. The van der Waals surface area contributed by atoms with Crippen LogP contribution in [0.4, 0.5) is 0 Å². The zero-order valence-corrected chi connectivity index (χ0v) is 15.6. The van der Waals surface area contributed by atoms with E-state index in [0.717, 1.165) is 56.8 Å². The molecule has 0 amide bonds. The van der Waals surface area contributed by atoms with Gasteiger partial charge in [0.15, 0.2) is 0 Å². The summed E-state index contributed by atoms with van der Waals surface area (Å²) in [5.74, 6) is 1.78. The number of unbranched alkanes of at least 4 members (excludes halogenated alkanes) is 1. The molecule has 0 saturated carbocycles. The molecule has 140 valence electrons. The van der Waals surface area contributed by atoms with Crippen LogP contribution >= 0.6 is 0 Å². The van der Waals surface area contributed by atoms with Crippen molar-refractivity contribution in [3.05, 3.63) is 24.3 Å². The molecule has 1 aliphatic heterocycles. The summed E-state index contributed by atoms with van der Waals surface area (Å²) in [4.78, 5) is 13.4. The lowest BCUT2D eigenvalue weighted by atomic mass is 9.98. The van der Waals surface area contributed by atoms with Gasteiger partial charge in [0.25, 0.3) is 0 Å². The van der Waals surface area contributed by atoms with Gasteiger partial charge in [-0.3, -0.25) is 4.79 Å². The fourth-order valence-corrected chi connectivity index (χ4v) is 3.33. The van der Waals surface area contributed by atoms with E-state index in [-0.39, 0.29) is 11.9 Å². The molecule has 0 bridgehead atoms. The van der Waals surface area contributed by atoms with Gasteiger partial charge in [0, 0.05) is 6.07 Å². The summed E-state index contributed by atoms with van der Waals surface area (Å²) in [6.07, 6.45) is 4.21. The standard InChI is InChI=1S/C20H31NO4/c1-3-23-18-10-7-11-19(15-18)25-14-6-5-12-21-13-8-9-17(16-21)20(22)24-4-2/h7,10-11,15,17H,3-6,8-9,12-14,16H2,1-2H3/p+1/t17-/m1/s1. The van der Waals surface area contributed by atoms with Crippen molar-refractivity contribution in [1.29, 1.82) is 0 Å². The number of esters is 1. The van der Waals surface area contributed by atoms with Crippen LogP contribution in [0.2, 0.25) is 0 Å². The van der Waals surface area contributed by atoms with Crippen LogP contribution in [0.1, 0.15) is 39.5 Å². The molecule has 25 heavy (non-hydrogen) atoms. The number of benzene rings is 1. The molecular formula is C20H32NO4+. The minimum atomic E-state index is -0.0165. The predicted molar refractivity (Wildman–Crippen MR) is 97.3 cm³/mol. The number of carbonyl (C=O) groups is 1. The Labute approximate surface area is 151 Å². The highest BCUT2D eigenvalue weighted by Crippen LogP contribution is 2.19. The third-order valence-electron chi connectivity index (χ3n) is 4.55. The van der Waals surface area contributed by atoms with Gasteiger partial charge in [-0.05, 0) is 51.7 Å². The summed E-state index contributed by atoms with van der Waals surface area (Å²) >= 11 is 0. The van der Waals surface area contributed by atoms with Gasteiger partial charge in [-0.1, -0.05) is 6.07 Å². The second-order valence-corrected chi connectivity index (χ2v) is 6.51. The summed E-state index contributed by atoms with van der Waals surface area (Å²) < 4.78 is 16.5. The van der Waals surface area contributed by atoms with Crippen molar-refractivity contribution in [2.24, 2.45) is 5.92 Å². The molecule has 0 aliphatic carbocycles. The molecule has 0 radical (unpaired) electrons. The number of piperidine rings is 1. The average molecular weight is 350 g/mol. The minimum absolute atomic E-state index is 0.0165. The quantitative estimate of drug-likeness (QED) is 0.519. The molecule has 1 N–H and O–H groups in total. The van der Waals surface area contributed by atoms with Gasteiger partial charge < -0.3 is 19.1 Å². The third kappa shape index (κ3) is 6.94. The van der Waals surface area contributed by atoms with Crippen molar-refractivity contribution in [2.75, 3.05) is 39.5 Å². The molecule has 2 rings (SSSR count). The Bertz CT molecular complexity index is 520. The maximum absolute atomic E-state index is 11.9. The second kappa shape index (κ2) is 11.0. The molecule has 1 heterocycles. The number of carbonyl (C=O) groups excluding carboxylic acids is 1. The first-order chi connectivity index (χ1) is 12.2.